The molecule has 1 aromatic heterocycles. The average molecular weight is 260 g/mol. The Kier molecular flexibility index (Phi) is 3.79. The van der Waals surface area contributed by atoms with Crippen LogP contribution in [0.25, 0.3) is 5.69 Å². The Morgan fingerprint density at radius 2 is 1.89 bits per heavy atom. The van der Waals surface area contributed by atoms with Gasteiger partial charge in [-0.3, -0.25) is 9.36 Å². The van der Waals surface area contributed by atoms with Crippen molar-refractivity contribution in [1.82, 2.24) is 14.3 Å². The summed E-state index contributed by atoms with van der Waals surface area (Å²) < 4.78 is 2.41. The number of anilines is 1. The third-order valence-electron chi connectivity index (χ3n) is 2.83. The van der Waals surface area contributed by atoms with E-state index in [1.54, 1.807) is 24.3 Å². The van der Waals surface area contributed by atoms with Crippen molar-refractivity contribution in [1.29, 1.82) is 0 Å². The van der Waals surface area contributed by atoms with Crippen molar-refractivity contribution in [3.63, 3.8) is 0 Å². The maximum Gasteiger partial charge on any atom is 0.352 e. The van der Waals surface area contributed by atoms with Gasteiger partial charge in [0, 0.05) is 12.2 Å². The van der Waals surface area contributed by atoms with Crippen LogP contribution in [0, 0.1) is 0 Å². The molecule has 2 rings (SSSR count). The summed E-state index contributed by atoms with van der Waals surface area (Å²) in [4.78, 5) is 23.9. The van der Waals surface area contributed by atoms with Gasteiger partial charge in [0.2, 0.25) is 0 Å². The Bertz CT molecular complexity index is 670. The average Bonchev–Trinajstić information content (AvgIpc) is 2.40. The lowest BCUT2D eigenvalue weighted by atomic mass is 10.3. The number of unbranched alkanes of at least 4 members (excludes halogenated alkanes) is 1. The molecule has 0 fully saturated rings. The lowest BCUT2D eigenvalue weighted by Gasteiger charge is -2.08. The Morgan fingerprint density at radius 1 is 1.21 bits per heavy atom. The van der Waals surface area contributed by atoms with Gasteiger partial charge in [0.1, 0.15) is 6.20 Å². The van der Waals surface area contributed by atoms with E-state index < -0.39 is 5.69 Å². The highest BCUT2D eigenvalue weighted by Gasteiger charge is 2.07. The molecular formula is C13H16N4O2. The Hall–Kier alpha value is -2.37. The lowest BCUT2D eigenvalue weighted by molar-refractivity contribution is 0.545. The summed E-state index contributed by atoms with van der Waals surface area (Å²) in [6, 6.07) is 6.76. The van der Waals surface area contributed by atoms with Crippen molar-refractivity contribution in [2.45, 2.75) is 26.3 Å². The van der Waals surface area contributed by atoms with Gasteiger partial charge in [-0.2, -0.15) is 9.78 Å². The van der Waals surface area contributed by atoms with Gasteiger partial charge >= 0.3 is 5.69 Å². The summed E-state index contributed by atoms with van der Waals surface area (Å²) in [5.41, 5.74) is 6.00. The van der Waals surface area contributed by atoms with Crippen LogP contribution < -0.4 is 17.0 Å². The number of benzene rings is 1. The highest BCUT2D eigenvalue weighted by molar-refractivity contribution is 5.44. The van der Waals surface area contributed by atoms with E-state index in [9.17, 15) is 9.59 Å². The summed E-state index contributed by atoms with van der Waals surface area (Å²) in [6.07, 6.45) is 2.85. The molecule has 0 aliphatic rings. The first-order chi connectivity index (χ1) is 9.13. The topological polar surface area (TPSA) is 82.9 Å². The first-order valence-electron chi connectivity index (χ1n) is 6.18. The molecule has 0 saturated heterocycles. The van der Waals surface area contributed by atoms with Gasteiger partial charge in [-0.15, -0.1) is 0 Å². The van der Waals surface area contributed by atoms with Crippen molar-refractivity contribution in [2.24, 2.45) is 0 Å². The number of nitrogen functional groups attached to an aromatic ring is 1. The van der Waals surface area contributed by atoms with Gasteiger partial charge in [-0.05, 0) is 30.7 Å². The smallest absolute Gasteiger partial charge is 0.352 e. The van der Waals surface area contributed by atoms with E-state index in [-0.39, 0.29) is 5.56 Å². The molecule has 19 heavy (non-hydrogen) atoms. The van der Waals surface area contributed by atoms with Crippen LogP contribution in [0.5, 0.6) is 0 Å². The zero-order valence-electron chi connectivity index (χ0n) is 10.7. The number of hydrogen-bond donors (Lipinski definition) is 1. The van der Waals surface area contributed by atoms with Crippen LogP contribution >= 0.6 is 0 Å². The standard InChI is InChI=1S/C13H16N4O2/c1-2-3-8-16-12(18)9-15-17(13(16)19)11-6-4-10(14)5-7-11/h4-7,9H,2-3,8,14H2,1H3. The molecule has 0 atom stereocenters. The fourth-order valence-corrected chi connectivity index (χ4v) is 1.75. The molecule has 2 N–H and O–H groups in total. The van der Waals surface area contributed by atoms with Gasteiger partial charge in [0.05, 0.1) is 5.69 Å². The molecule has 0 aliphatic heterocycles. The maximum absolute atomic E-state index is 12.2. The summed E-state index contributed by atoms with van der Waals surface area (Å²) in [5, 5.41) is 3.88. The van der Waals surface area contributed by atoms with Crippen molar-refractivity contribution >= 4 is 5.69 Å². The van der Waals surface area contributed by atoms with Gasteiger partial charge < -0.3 is 5.73 Å². The van der Waals surface area contributed by atoms with Crippen LogP contribution in [0.15, 0.2) is 40.1 Å². The van der Waals surface area contributed by atoms with Gasteiger partial charge in [-0.25, -0.2) is 4.79 Å². The number of hydrogen-bond acceptors (Lipinski definition) is 4. The highest BCUT2D eigenvalue weighted by atomic mass is 16.2. The minimum atomic E-state index is -0.425. The van der Waals surface area contributed by atoms with Gasteiger partial charge in [0.25, 0.3) is 5.56 Å². The van der Waals surface area contributed by atoms with Crippen molar-refractivity contribution in [2.75, 3.05) is 5.73 Å². The first-order valence-corrected chi connectivity index (χ1v) is 6.18. The van der Waals surface area contributed by atoms with Crippen molar-refractivity contribution in [3.8, 4) is 5.69 Å². The molecule has 0 saturated carbocycles. The third kappa shape index (κ3) is 2.73. The van der Waals surface area contributed by atoms with E-state index in [4.69, 9.17) is 5.73 Å². The highest BCUT2D eigenvalue weighted by Crippen LogP contribution is 2.07. The largest absolute Gasteiger partial charge is 0.399 e. The van der Waals surface area contributed by atoms with E-state index in [0.717, 1.165) is 19.0 Å². The van der Waals surface area contributed by atoms with Crippen LogP contribution in [0.4, 0.5) is 5.69 Å². The number of rotatable bonds is 4. The van der Waals surface area contributed by atoms with Crippen molar-refractivity contribution in [3.05, 3.63) is 51.3 Å². The molecule has 0 aliphatic carbocycles. The number of nitrogens with zero attached hydrogens (tertiary/aromatic N) is 3. The molecule has 0 spiro atoms. The first kappa shape index (κ1) is 13.1. The van der Waals surface area contributed by atoms with Crippen LogP contribution in [0.3, 0.4) is 0 Å². The quantitative estimate of drug-likeness (QED) is 0.823. The second-order valence-electron chi connectivity index (χ2n) is 4.27. The van der Waals surface area contributed by atoms with Gasteiger partial charge in [0.15, 0.2) is 0 Å². The van der Waals surface area contributed by atoms with Crippen LogP contribution in [0.1, 0.15) is 19.8 Å². The minimum absolute atomic E-state index is 0.370. The summed E-state index contributed by atoms with van der Waals surface area (Å²) >= 11 is 0. The summed E-state index contributed by atoms with van der Waals surface area (Å²) in [6.45, 7) is 2.41. The number of aromatic nitrogens is 3. The predicted molar refractivity (Wildman–Crippen MR) is 73.4 cm³/mol. The SMILES string of the molecule is CCCCn1c(=O)cnn(-c2ccc(N)cc2)c1=O. The minimum Gasteiger partial charge on any atom is -0.399 e. The summed E-state index contributed by atoms with van der Waals surface area (Å²) in [5.74, 6) is 0. The molecule has 0 amide bonds. The second-order valence-corrected chi connectivity index (χ2v) is 4.27. The van der Waals surface area contributed by atoms with Crippen molar-refractivity contribution < 1.29 is 0 Å². The molecule has 6 nitrogen and oxygen atoms in total. The molecule has 1 aromatic carbocycles. The van der Waals surface area contributed by atoms with E-state index in [2.05, 4.69) is 5.10 Å². The number of nitrogens with two attached hydrogens (primary N) is 1. The molecule has 1 heterocycles. The van der Waals surface area contributed by atoms with E-state index in [1.165, 1.54) is 9.25 Å². The maximum atomic E-state index is 12.2. The Balaban J connectivity index is 2.50. The normalized spacial score (nSPS) is 10.6. The van der Waals surface area contributed by atoms with E-state index in [0.29, 0.717) is 17.9 Å². The molecule has 0 unspecified atom stereocenters. The lowest BCUT2D eigenvalue weighted by Crippen LogP contribution is -2.40. The fourth-order valence-electron chi connectivity index (χ4n) is 1.75. The Labute approximate surface area is 110 Å². The predicted octanol–water partition coefficient (Wildman–Crippen LogP) is 0.777. The monoisotopic (exact) mass is 260 g/mol. The Morgan fingerprint density at radius 3 is 2.53 bits per heavy atom. The zero-order valence-corrected chi connectivity index (χ0v) is 10.7. The fraction of sp³-hybridized carbons (Fsp3) is 0.308. The van der Waals surface area contributed by atoms with E-state index >= 15 is 0 Å². The summed E-state index contributed by atoms with van der Waals surface area (Å²) in [7, 11) is 0. The van der Waals surface area contributed by atoms with Crippen LogP contribution in [-0.2, 0) is 6.54 Å². The molecular weight excluding hydrogens is 244 g/mol. The third-order valence-corrected chi connectivity index (χ3v) is 2.83. The van der Waals surface area contributed by atoms with Crippen LogP contribution in [0.2, 0.25) is 0 Å². The second kappa shape index (κ2) is 5.51. The molecule has 0 bridgehead atoms. The van der Waals surface area contributed by atoms with Gasteiger partial charge in [-0.1, -0.05) is 13.3 Å². The molecule has 2 aromatic rings. The van der Waals surface area contributed by atoms with Crippen LogP contribution in [-0.4, -0.2) is 14.3 Å². The molecule has 6 heteroatoms. The molecule has 0 radical (unpaired) electrons. The zero-order chi connectivity index (χ0) is 13.8. The van der Waals surface area contributed by atoms with E-state index in [1.807, 2.05) is 6.92 Å². The molecule has 100 valence electrons.